The standard InChI is InChI=1S/C20H29F2N5O2/c21-20(22)6-9-27(10-7-20)29-19(28)24-16-5-8-23-18(15-16)26-13-11-25(12-14-26)17-3-1-2-4-17/h5,8,15,17H,1-4,6-7,9-14H2,(H,23,24,28). The van der Waals surface area contributed by atoms with Gasteiger partial charge >= 0.3 is 6.09 Å². The van der Waals surface area contributed by atoms with Crippen LogP contribution in [0.15, 0.2) is 18.3 Å². The van der Waals surface area contributed by atoms with Gasteiger partial charge in [0.2, 0.25) is 0 Å². The Morgan fingerprint density at radius 1 is 1.10 bits per heavy atom. The zero-order valence-corrected chi connectivity index (χ0v) is 16.7. The number of pyridine rings is 1. The van der Waals surface area contributed by atoms with E-state index in [1.54, 1.807) is 12.3 Å². The quantitative estimate of drug-likeness (QED) is 0.823. The number of carbonyl (C=O) groups excluding carboxylic acids is 1. The van der Waals surface area contributed by atoms with Gasteiger partial charge in [0.15, 0.2) is 0 Å². The van der Waals surface area contributed by atoms with Gasteiger partial charge in [0, 0.05) is 76.1 Å². The number of nitrogens with zero attached hydrogens (tertiary/aromatic N) is 4. The summed E-state index contributed by atoms with van der Waals surface area (Å²) in [6, 6.07) is 4.27. The molecule has 1 aliphatic carbocycles. The van der Waals surface area contributed by atoms with Gasteiger partial charge in [-0.1, -0.05) is 12.8 Å². The Morgan fingerprint density at radius 2 is 1.79 bits per heavy atom. The fraction of sp³-hybridized carbons (Fsp3) is 0.700. The van der Waals surface area contributed by atoms with Gasteiger partial charge in [0.05, 0.1) is 0 Å². The van der Waals surface area contributed by atoms with Gasteiger partial charge in [-0.3, -0.25) is 10.2 Å². The lowest BCUT2D eigenvalue weighted by Gasteiger charge is -2.38. The normalized spacial score (nSPS) is 23.9. The van der Waals surface area contributed by atoms with E-state index in [1.807, 2.05) is 6.07 Å². The minimum absolute atomic E-state index is 0.0350. The van der Waals surface area contributed by atoms with E-state index in [-0.39, 0.29) is 25.9 Å². The van der Waals surface area contributed by atoms with Crippen molar-refractivity contribution in [2.24, 2.45) is 0 Å². The number of hydrogen-bond acceptors (Lipinski definition) is 6. The van der Waals surface area contributed by atoms with Gasteiger partial charge in [-0.15, -0.1) is 5.06 Å². The summed E-state index contributed by atoms with van der Waals surface area (Å²) in [5, 5.41) is 3.96. The molecular formula is C20H29F2N5O2. The molecule has 0 radical (unpaired) electrons. The fourth-order valence-electron chi connectivity index (χ4n) is 4.42. The Bertz CT molecular complexity index is 696. The highest BCUT2D eigenvalue weighted by Gasteiger charge is 2.35. The monoisotopic (exact) mass is 409 g/mol. The predicted octanol–water partition coefficient (Wildman–Crippen LogP) is 3.34. The Kier molecular flexibility index (Phi) is 6.15. The first-order valence-corrected chi connectivity index (χ1v) is 10.6. The molecule has 3 fully saturated rings. The highest BCUT2D eigenvalue weighted by atomic mass is 19.3. The van der Waals surface area contributed by atoms with E-state index in [0.717, 1.165) is 38.0 Å². The average molecular weight is 409 g/mol. The van der Waals surface area contributed by atoms with Gasteiger partial charge in [-0.2, -0.15) is 0 Å². The van der Waals surface area contributed by atoms with Crippen LogP contribution in [0.5, 0.6) is 0 Å². The number of nitrogens with one attached hydrogen (secondary N) is 1. The van der Waals surface area contributed by atoms with Crippen molar-refractivity contribution in [2.45, 2.75) is 50.5 Å². The molecule has 29 heavy (non-hydrogen) atoms. The molecule has 3 heterocycles. The third kappa shape index (κ3) is 5.33. The van der Waals surface area contributed by atoms with Crippen LogP contribution in [-0.2, 0) is 4.84 Å². The largest absolute Gasteiger partial charge is 0.430 e. The lowest BCUT2D eigenvalue weighted by Crippen LogP contribution is -2.50. The molecule has 2 aliphatic heterocycles. The number of piperazine rings is 1. The third-order valence-electron chi connectivity index (χ3n) is 6.14. The average Bonchev–Trinajstić information content (AvgIpc) is 3.25. The molecule has 0 atom stereocenters. The zero-order valence-electron chi connectivity index (χ0n) is 16.7. The molecule has 0 aromatic carbocycles. The molecule has 9 heteroatoms. The Balaban J connectivity index is 1.27. The van der Waals surface area contributed by atoms with Crippen LogP contribution in [0.1, 0.15) is 38.5 Å². The van der Waals surface area contributed by atoms with E-state index in [1.165, 1.54) is 30.7 Å². The first-order chi connectivity index (χ1) is 14.0. The zero-order chi connectivity index (χ0) is 20.3. The molecule has 1 aromatic rings. The van der Waals surface area contributed by atoms with Gasteiger partial charge < -0.3 is 9.74 Å². The maximum atomic E-state index is 13.2. The second-order valence-corrected chi connectivity index (χ2v) is 8.15. The summed E-state index contributed by atoms with van der Waals surface area (Å²) < 4.78 is 26.4. The molecule has 1 amide bonds. The molecule has 1 N–H and O–H groups in total. The Hall–Kier alpha value is -2.00. The number of rotatable bonds is 4. The summed E-state index contributed by atoms with van der Waals surface area (Å²) in [6.07, 6.45) is 5.71. The Labute approximate surface area is 169 Å². The summed E-state index contributed by atoms with van der Waals surface area (Å²) in [5.74, 6) is -1.84. The molecular weight excluding hydrogens is 380 g/mol. The minimum atomic E-state index is -2.67. The number of piperidine rings is 1. The minimum Gasteiger partial charge on any atom is -0.354 e. The number of alkyl halides is 2. The fourth-order valence-corrected chi connectivity index (χ4v) is 4.42. The topological polar surface area (TPSA) is 60.9 Å². The van der Waals surface area contributed by atoms with Crippen LogP contribution in [-0.4, -0.2) is 72.3 Å². The van der Waals surface area contributed by atoms with Crippen molar-refractivity contribution in [1.29, 1.82) is 0 Å². The van der Waals surface area contributed by atoms with Crippen molar-refractivity contribution in [3.05, 3.63) is 18.3 Å². The number of carbonyl (C=O) groups is 1. The van der Waals surface area contributed by atoms with Crippen molar-refractivity contribution in [3.63, 3.8) is 0 Å². The first-order valence-electron chi connectivity index (χ1n) is 10.6. The second-order valence-electron chi connectivity index (χ2n) is 8.15. The van der Waals surface area contributed by atoms with Gasteiger partial charge in [0.25, 0.3) is 5.92 Å². The van der Waals surface area contributed by atoms with Crippen molar-refractivity contribution < 1.29 is 18.4 Å². The summed E-state index contributed by atoms with van der Waals surface area (Å²) in [5.41, 5.74) is 0.584. The molecule has 0 bridgehead atoms. The highest BCUT2D eigenvalue weighted by molar-refractivity contribution is 5.84. The van der Waals surface area contributed by atoms with E-state index in [9.17, 15) is 13.6 Å². The smallest absolute Gasteiger partial charge is 0.354 e. The Morgan fingerprint density at radius 3 is 2.48 bits per heavy atom. The van der Waals surface area contributed by atoms with E-state index in [2.05, 4.69) is 20.1 Å². The lowest BCUT2D eigenvalue weighted by molar-refractivity contribution is -0.158. The molecule has 0 spiro atoms. The van der Waals surface area contributed by atoms with E-state index < -0.39 is 12.0 Å². The number of hydroxylamine groups is 2. The van der Waals surface area contributed by atoms with Crippen molar-refractivity contribution in [3.8, 4) is 0 Å². The predicted molar refractivity (Wildman–Crippen MR) is 106 cm³/mol. The van der Waals surface area contributed by atoms with Crippen LogP contribution in [0, 0.1) is 0 Å². The molecule has 4 rings (SSSR count). The van der Waals surface area contributed by atoms with Crippen LogP contribution in [0.2, 0.25) is 0 Å². The number of aromatic nitrogens is 1. The van der Waals surface area contributed by atoms with Crippen LogP contribution >= 0.6 is 0 Å². The maximum absolute atomic E-state index is 13.2. The molecule has 0 unspecified atom stereocenters. The summed E-state index contributed by atoms with van der Waals surface area (Å²) >= 11 is 0. The SMILES string of the molecule is O=C(Nc1ccnc(N2CCN(C3CCCC3)CC2)c1)ON1CCC(F)(F)CC1. The van der Waals surface area contributed by atoms with E-state index in [4.69, 9.17) is 4.84 Å². The van der Waals surface area contributed by atoms with Crippen LogP contribution in [0.25, 0.3) is 0 Å². The molecule has 7 nitrogen and oxygen atoms in total. The highest BCUT2D eigenvalue weighted by Crippen LogP contribution is 2.28. The van der Waals surface area contributed by atoms with Gasteiger partial charge in [-0.05, 0) is 18.9 Å². The number of amides is 1. The first kappa shape index (κ1) is 20.3. The molecule has 3 aliphatic rings. The summed E-state index contributed by atoms with van der Waals surface area (Å²) in [7, 11) is 0. The van der Waals surface area contributed by atoms with Crippen molar-refractivity contribution in [2.75, 3.05) is 49.5 Å². The second kappa shape index (κ2) is 8.79. The van der Waals surface area contributed by atoms with Crippen LogP contribution < -0.4 is 10.2 Å². The van der Waals surface area contributed by atoms with Crippen LogP contribution in [0.4, 0.5) is 25.1 Å². The van der Waals surface area contributed by atoms with Gasteiger partial charge in [-0.25, -0.2) is 18.6 Å². The molecule has 2 saturated heterocycles. The lowest BCUT2D eigenvalue weighted by atomic mass is 10.1. The summed E-state index contributed by atoms with van der Waals surface area (Å²) in [6.45, 7) is 3.97. The molecule has 160 valence electrons. The molecule has 1 saturated carbocycles. The number of anilines is 2. The van der Waals surface area contributed by atoms with Crippen molar-refractivity contribution >= 4 is 17.6 Å². The summed E-state index contributed by atoms with van der Waals surface area (Å²) in [4.78, 5) is 26.5. The van der Waals surface area contributed by atoms with E-state index in [0.29, 0.717) is 5.69 Å². The number of halogens is 2. The third-order valence-corrected chi connectivity index (χ3v) is 6.14. The van der Waals surface area contributed by atoms with Crippen molar-refractivity contribution in [1.82, 2.24) is 14.9 Å². The molecule has 1 aromatic heterocycles. The van der Waals surface area contributed by atoms with E-state index >= 15 is 0 Å². The maximum Gasteiger partial charge on any atom is 0.430 e. The number of hydrogen-bond donors (Lipinski definition) is 1. The van der Waals surface area contributed by atoms with Gasteiger partial charge in [0.1, 0.15) is 5.82 Å². The van der Waals surface area contributed by atoms with Crippen LogP contribution in [0.3, 0.4) is 0 Å².